The van der Waals surface area contributed by atoms with Crippen LogP contribution in [0.1, 0.15) is 33.6 Å². The molecule has 0 spiro atoms. The van der Waals surface area contributed by atoms with E-state index in [1.807, 2.05) is 0 Å². The summed E-state index contributed by atoms with van der Waals surface area (Å²) in [6.07, 6.45) is 2.19. The fourth-order valence-electron chi connectivity index (χ4n) is 2.64. The number of nitrogens with one attached hydrogen (secondary N) is 1. The second-order valence-corrected chi connectivity index (χ2v) is 6.80. The number of carbonyl (C=O) groups excluding carboxylic acids is 1. The summed E-state index contributed by atoms with van der Waals surface area (Å²) in [7, 11) is 0. The van der Waals surface area contributed by atoms with Gasteiger partial charge in [0.05, 0.1) is 6.54 Å². The molecule has 5 nitrogen and oxygen atoms in total. The highest BCUT2D eigenvalue weighted by atomic mass is 16.2. The molecule has 5 heteroatoms. The summed E-state index contributed by atoms with van der Waals surface area (Å²) in [5, 5.41) is 3.02. The van der Waals surface area contributed by atoms with Crippen molar-refractivity contribution in [1.29, 1.82) is 0 Å². The van der Waals surface area contributed by atoms with Crippen molar-refractivity contribution in [1.82, 2.24) is 15.1 Å². The average Bonchev–Trinajstić information content (AvgIpc) is 2.64. The van der Waals surface area contributed by atoms with Crippen molar-refractivity contribution in [2.45, 2.75) is 33.6 Å². The SMILES string of the molecule is CC(C)CCNC(=O)CN1CCCN(CC(C)CN)CC1. The number of nitrogens with two attached hydrogens (primary N) is 1. The standard InChI is InChI=1S/C16H34N4O/c1-14(2)5-6-18-16(21)13-20-8-4-7-19(9-10-20)12-15(3)11-17/h14-15H,4-13,17H2,1-3H3,(H,18,21). The molecule has 1 fully saturated rings. The van der Waals surface area contributed by atoms with Crippen molar-refractivity contribution in [2.24, 2.45) is 17.6 Å². The van der Waals surface area contributed by atoms with E-state index in [2.05, 4.69) is 35.9 Å². The summed E-state index contributed by atoms with van der Waals surface area (Å²) < 4.78 is 0. The minimum Gasteiger partial charge on any atom is -0.355 e. The van der Waals surface area contributed by atoms with Crippen LogP contribution < -0.4 is 11.1 Å². The van der Waals surface area contributed by atoms with Gasteiger partial charge in [0.25, 0.3) is 0 Å². The summed E-state index contributed by atoms with van der Waals surface area (Å²) in [6, 6.07) is 0. The highest BCUT2D eigenvalue weighted by Gasteiger charge is 2.17. The molecule has 1 aliphatic rings. The number of hydrogen-bond donors (Lipinski definition) is 2. The monoisotopic (exact) mass is 298 g/mol. The van der Waals surface area contributed by atoms with Crippen LogP contribution in [0.4, 0.5) is 0 Å². The van der Waals surface area contributed by atoms with Gasteiger partial charge in [0.1, 0.15) is 0 Å². The first-order valence-corrected chi connectivity index (χ1v) is 8.42. The van der Waals surface area contributed by atoms with Gasteiger partial charge in [-0.1, -0.05) is 20.8 Å². The van der Waals surface area contributed by atoms with Crippen LogP contribution >= 0.6 is 0 Å². The van der Waals surface area contributed by atoms with Crippen molar-refractivity contribution in [3.8, 4) is 0 Å². The van der Waals surface area contributed by atoms with Crippen LogP contribution in [0, 0.1) is 11.8 Å². The Balaban J connectivity index is 2.23. The maximum absolute atomic E-state index is 11.9. The fraction of sp³-hybridized carbons (Fsp3) is 0.938. The molecule has 0 aliphatic carbocycles. The molecule has 3 N–H and O–H groups in total. The van der Waals surface area contributed by atoms with Gasteiger partial charge >= 0.3 is 0 Å². The first kappa shape index (κ1) is 18.4. The molecular formula is C16H34N4O. The summed E-state index contributed by atoms with van der Waals surface area (Å²) in [5.41, 5.74) is 5.70. The molecular weight excluding hydrogens is 264 g/mol. The van der Waals surface area contributed by atoms with Gasteiger partial charge in [-0.15, -0.1) is 0 Å². The first-order chi connectivity index (χ1) is 10.0. The highest BCUT2D eigenvalue weighted by Crippen LogP contribution is 2.06. The highest BCUT2D eigenvalue weighted by molar-refractivity contribution is 5.77. The Hall–Kier alpha value is -0.650. The molecule has 1 aliphatic heterocycles. The van der Waals surface area contributed by atoms with Crippen molar-refractivity contribution in [3.63, 3.8) is 0 Å². The second-order valence-electron chi connectivity index (χ2n) is 6.80. The molecule has 1 saturated heterocycles. The largest absolute Gasteiger partial charge is 0.355 e. The molecule has 0 aromatic rings. The molecule has 1 atom stereocenters. The summed E-state index contributed by atoms with van der Waals surface area (Å²) >= 11 is 0. The maximum atomic E-state index is 11.9. The number of rotatable bonds is 8. The molecule has 0 saturated carbocycles. The van der Waals surface area contributed by atoms with E-state index in [4.69, 9.17) is 5.73 Å². The van der Waals surface area contributed by atoms with Gasteiger partial charge in [0, 0.05) is 26.2 Å². The molecule has 1 amide bonds. The van der Waals surface area contributed by atoms with E-state index in [1.54, 1.807) is 0 Å². The minimum atomic E-state index is 0.166. The van der Waals surface area contributed by atoms with E-state index in [9.17, 15) is 4.79 Å². The Bertz CT molecular complexity index is 296. The van der Waals surface area contributed by atoms with Crippen LogP contribution in [-0.4, -0.2) is 68.1 Å². The van der Waals surface area contributed by atoms with Crippen molar-refractivity contribution < 1.29 is 4.79 Å². The summed E-state index contributed by atoms with van der Waals surface area (Å²) in [6.45, 7) is 13.9. The topological polar surface area (TPSA) is 61.6 Å². The van der Waals surface area contributed by atoms with Crippen molar-refractivity contribution in [3.05, 3.63) is 0 Å². The van der Waals surface area contributed by atoms with Crippen molar-refractivity contribution in [2.75, 3.05) is 52.4 Å². The van der Waals surface area contributed by atoms with Gasteiger partial charge < -0.3 is 16.0 Å². The normalized spacial score (nSPS) is 19.5. The molecule has 1 rings (SSSR count). The Morgan fingerprint density at radius 2 is 1.81 bits per heavy atom. The van der Waals surface area contributed by atoms with Crippen LogP contribution in [0.5, 0.6) is 0 Å². The smallest absolute Gasteiger partial charge is 0.234 e. The summed E-state index contributed by atoms with van der Waals surface area (Å²) in [4.78, 5) is 16.7. The van der Waals surface area contributed by atoms with E-state index in [1.165, 1.54) is 0 Å². The fourth-order valence-corrected chi connectivity index (χ4v) is 2.64. The molecule has 0 bridgehead atoms. The molecule has 21 heavy (non-hydrogen) atoms. The zero-order valence-electron chi connectivity index (χ0n) is 14.1. The molecule has 124 valence electrons. The number of carbonyl (C=O) groups is 1. The predicted molar refractivity (Wildman–Crippen MR) is 88.2 cm³/mol. The van der Waals surface area contributed by atoms with Gasteiger partial charge in [-0.05, 0) is 44.3 Å². The van der Waals surface area contributed by atoms with Gasteiger partial charge in [-0.25, -0.2) is 0 Å². The Labute approximate surface area is 130 Å². The van der Waals surface area contributed by atoms with E-state index < -0.39 is 0 Å². The lowest BCUT2D eigenvalue weighted by Crippen LogP contribution is -2.40. The molecule has 1 heterocycles. The van der Waals surface area contributed by atoms with E-state index in [0.717, 1.165) is 58.7 Å². The quantitative estimate of drug-likeness (QED) is 0.694. The third-order valence-corrected chi connectivity index (χ3v) is 4.06. The Morgan fingerprint density at radius 1 is 1.14 bits per heavy atom. The van der Waals surface area contributed by atoms with Crippen LogP contribution in [-0.2, 0) is 4.79 Å². The lowest BCUT2D eigenvalue weighted by Gasteiger charge is -2.23. The van der Waals surface area contributed by atoms with E-state index >= 15 is 0 Å². The lowest BCUT2D eigenvalue weighted by atomic mass is 10.1. The molecule has 0 radical (unpaired) electrons. The molecule has 0 aromatic heterocycles. The molecule has 1 unspecified atom stereocenters. The number of amides is 1. The second kappa shape index (κ2) is 10.1. The average molecular weight is 298 g/mol. The van der Waals surface area contributed by atoms with Crippen LogP contribution in [0.2, 0.25) is 0 Å². The Kier molecular flexibility index (Phi) is 8.88. The predicted octanol–water partition coefficient (Wildman–Crippen LogP) is 0.751. The maximum Gasteiger partial charge on any atom is 0.234 e. The third-order valence-electron chi connectivity index (χ3n) is 4.06. The first-order valence-electron chi connectivity index (χ1n) is 8.42. The van der Waals surface area contributed by atoms with E-state index in [-0.39, 0.29) is 5.91 Å². The Morgan fingerprint density at radius 3 is 2.48 bits per heavy atom. The summed E-state index contributed by atoms with van der Waals surface area (Å²) in [5.74, 6) is 1.36. The zero-order valence-corrected chi connectivity index (χ0v) is 14.1. The minimum absolute atomic E-state index is 0.166. The van der Waals surface area contributed by atoms with E-state index in [0.29, 0.717) is 18.4 Å². The third kappa shape index (κ3) is 8.39. The number of nitrogens with zero attached hydrogens (tertiary/aromatic N) is 2. The van der Waals surface area contributed by atoms with Gasteiger partial charge in [-0.2, -0.15) is 0 Å². The van der Waals surface area contributed by atoms with Gasteiger partial charge in [0.15, 0.2) is 0 Å². The van der Waals surface area contributed by atoms with Crippen LogP contribution in [0.25, 0.3) is 0 Å². The molecule has 0 aromatic carbocycles. The zero-order chi connectivity index (χ0) is 15.7. The van der Waals surface area contributed by atoms with Crippen molar-refractivity contribution >= 4 is 5.91 Å². The van der Waals surface area contributed by atoms with Crippen LogP contribution in [0.3, 0.4) is 0 Å². The lowest BCUT2D eigenvalue weighted by molar-refractivity contribution is -0.122. The van der Waals surface area contributed by atoms with Gasteiger partial charge in [-0.3, -0.25) is 9.69 Å². The number of hydrogen-bond acceptors (Lipinski definition) is 4. The van der Waals surface area contributed by atoms with Crippen LogP contribution in [0.15, 0.2) is 0 Å². The van der Waals surface area contributed by atoms with Gasteiger partial charge in [0.2, 0.25) is 5.91 Å².